The van der Waals surface area contributed by atoms with Crippen LogP contribution < -0.4 is 11.2 Å². The molecule has 0 radical (unpaired) electrons. The van der Waals surface area contributed by atoms with Crippen LogP contribution in [0.25, 0.3) is 16.6 Å². The molecule has 0 saturated carbocycles. The van der Waals surface area contributed by atoms with E-state index < -0.39 is 5.97 Å². The van der Waals surface area contributed by atoms with E-state index in [1.54, 1.807) is 22.8 Å². The Hall–Kier alpha value is -2.34. The first-order valence-corrected chi connectivity index (χ1v) is 7.67. The summed E-state index contributed by atoms with van der Waals surface area (Å²) in [7, 11) is 1.27. The number of methoxy groups -OCH3 is 1. The highest BCUT2D eigenvalue weighted by Gasteiger charge is 2.23. The van der Waals surface area contributed by atoms with E-state index in [9.17, 15) is 9.59 Å². The Kier molecular flexibility index (Phi) is 5.85. The van der Waals surface area contributed by atoms with Crippen molar-refractivity contribution in [1.29, 1.82) is 0 Å². The van der Waals surface area contributed by atoms with Crippen molar-refractivity contribution < 1.29 is 9.53 Å². The van der Waals surface area contributed by atoms with E-state index in [4.69, 9.17) is 22.1 Å². The van der Waals surface area contributed by atoms with Gasteiger partial charge in [-0.1, -0.05) is 29.8 Å². The van der Waals surface area contributed by atoms with Gasteiger partial charge in [-0.05, 0) is 30.3 Å². The van der Waals surface area contributed by atoms with Crippen LogP contribution >= 0.6 is 24.0 Å². The molecule has 0 aliphatic rings. The SMILES string of the molecule is COC(=O)c1c(CN)c(=O)c2ccc(Cl)cc2n1-c1ccccc1.Cl. The highest BCUT2D eigenvalue weighted by Crippen LogP contribution is 2.25. The van der Waals surface area contributed by atoms with Crippen LogP contribution in [0, 0.1) is 0 Å². The minimum absolute atomic E-state index is 0. The van der Waals surface area contributed by atoms with E-state index in [1.165, 1.54) is 7.11 Å². The summed E-state index contributed by atoms with van der Waals surface area (Å²) in [6.07, 6.45) is 0. The highest BCUT2D eigenvalue weighted by atomic mass is 35.5. The van der Waals surface area contributed by atoms with Crippen molar-refractivity contribution in [3.8, 4) is 5.69 Å². The number of aromatic nitrogens is 1. The van der Waals surface area contributed by atoms with Crippen molar-refractivity contribution in [3.63, 3.8) is 0 Å². The first-order chi connectivity index (χ1) is 11.6. The van der Waals surface area contributed by atoms with Crippen LogP contribution in [-0.2, 0) is 11.3 Å². The quantitative estimate of drug-likeness (QED) is 0.709. The molecule has 1 heterocycles. The average Bonchev–Trinajstić information content (AvgIpc) is 2.61. The molecule has 0 aliphatic heterocycles. The monoisotopic (exact) mass is 378 g/mol. The molecular formula is C18H16Cl2N2O3. The smallest absolute Gasteiger partial charge is 0.355 e. The van der Waals surface area contributed by atoms with Crippen LogP contribution in [0.2, 0.25) is 5.02 Å². The third-order valence-electron chi connectivity index (χ3n) is 3.83. The summed E-state index contributed by atoms with van der Waals surface area (Å²) in [5.74, 6) is -0.627. The minimum atomic E-state index is -0.627. The molecule has 2 N–H and O–H groups in total. The van der Waals surface area contributed by atoms with E-state index in [1.807, 2.05) is 30.3 Å². The van der Waals surface area contributed by atoms with Gasteiger partial charge in [0.2, 0.25) is 0 Å². The van der Waals surface area contributed by atoms with Gasteiger partial charge in [-0.2, -0.15) is 0 Å². The summed E-state index contributed by atoms with van der Waals surface area (Å²) in [6, 6.07) is 14.1. The lowest BCUT2D eigenvalue weighted by Crippen LogP contribution is -2.26. The number of halogens is 2. The molecule has 3 aromatic rings. The Morgan fingerprint density at radius 1 is 1.20 bits per heavy atom. The number of rotatable bonds is 3. The topological polar surface area (TPSA) is 74.3 Å². The predicted octanol–water partition coefficient (Wildman–Crippen LogP) is 3.31. The fourth-order valence-electron chi connectivity index (χ4n) is 2.75. The molecule has 0 saturated heterocycles. The van der Waals surface area contributed by atoms with Gasteiger partial charge < -0.3 is 15.0 Å². The van der Waals surface area contributed by atoms with Gasteiger partial charge in [-0.15, -0.1) is 12.4 Å². The molecule has 0 amide bonds. The summed E-state index contributed by atoms with van der Waals surface area (Å²) < 4.78 is 6.55. The molecule has 7 heteroatoms. The molecule has 0 bridgehead atoms. The Bertz CT molecular complexity index is 985. The number of esters is 1. The van der Waals surface area contributed by atoms with Crippen molar-refractivity contribution in [1.82, 2.24) is 4.57 Å². The fraction of sp³-hybridized carbons (Fsp3) is 0.111. The molecule has 5 nitrogen and oxygen atoms in total. The minimum Gasteiger partial charge on any atom is -0.464 e. The van der Waals surface area contributed by atoms with Gasteiger partial charge in [0.1, 0.15) is 5.69 Å². The first kappa shape index (κ1) is 19.0. The van der Waals surface area contributed by atoms with E-state index >= 15 is 0 Å². The van der Waals surface area contributed by atoms with Gasteiger partial charge in [-0.25, -0.2) is 4.79 Å². The Morgan fingerprint density at radius 3 is 2.48 bits per heavy atom. The van der Waals surface area contributed by atoms with Crippen molar-refractivity contribution in [3.05, 3.63) is 75.0 Å². The van der Waals surface area contributed by atoms with Gasteiger partial charge in [0.05, 0.1) is 12.6 Å². The third kappa shape index (κ3) is 3.26. The lowest BCUT2D eigenvalue weighted by atomic mass is 10.1. The first-order valence-electron chi connectivity index (χ1n) is 7.29. The van der Waals surface area contributed by atoms with Crippen molar-refractivity contribution in [2.24, 2.45) is 5.73 Å². The van der Waals surface area contributed by atoms with Crippen LogP contribution in [0.5, 0.6) is 0 Å². The summed E-state index contributed by atoms with van der Waals surface area (Å²) in [5.41, 5.74) is 7.03. The number of hydrogen-bond acceptors (Lipinski definition) is 4. The molecule has 3 rings (SSSR count). The van der Waals surface area contributed by atoms with Gasteiger partial charge in [0.15, 0.2) is 5.43 Å². The number of hydrogen-bond donors (Lipinski definition) is 1. The molecule has 2 aromatic carbocycles. The maximum absolute atomic E-state index is 12.8. The van der Waals surface area contributed by atoms with Crippen LogP contribution in [0.15, 0.2) is 53.3 Å². The molecule has 0 fully saturated rings. The maximum Gasteiger partial charge on any atom is 0.355 e. The number of nitrogens with two attached hydrogens (primary N) is 1. The number of fused-ring (bicyclic) bond motifs is 1. The number of ether oxygens (including phenoxy) is 1. The summed E-state index contributed by atoms with van der Waals surface area (Å²) >= 11 is 6.11. The molecule has 130 valence electrons. The van der Waals surface area contributed by atoms with Gasteiger partial charge in [0.25, 0.3) is 0 Å². The molecule has 0 spiro atoms. The van der Waals surface area contributed by atoms with Crippen LogP contribution in [0.3, 0.4) is 0 Å². The van der Waals surface area contributed by atoms with Crippen LogP contribution in [-0.4, -0.2) is 17.6 Å². The number of carbonyl (C=O) groups is 1. The Balaban J connectivity index is 0.00000225. The molecule has 0 aliphatic carbocycles. The number of para-hydroxylation sites is 1. The normalized spacial score (nSPS) is 10.4. The predicted molar refractivity (Wildman–Crippen MR) is 101 cm³/mol. The van der Waals surface area contributed by atoms with E-state index in [0.717, 1.165) is 0 Å². The van der Waals surface area contributed by atoms with E-state index in [0.29, 0.717) is 21.6 Å². The maximum atomic E-state index is 12.8. The zero-order valence-electron chi connectivity index (χ0n) is 13.4. The molecule has 25 heavy (non-hydrogen) atoms. The lowest BCUT2D eigenvalue weighted by molar-refractivity contribution is 0.0590. The Morgan fingerprint density at radius 2 is 1.88 bits per heavy atom. The van der Waals surface area contributed by atoms with Crippen LogP contribution in [0.4, 0.5) is 0 Å². The lowest BCUT2D eigenvalue weighted by Gasteiger charge is -2.18. The number of carbonyl (C=O) groups excluding carboxylic acids is 1. The number of benzene rings is 2. The molecule has 1 aromatic heterocycles. The zero-order chi connectivity index (χ0) is 17.3. The number of pyridine rings is 1. The largest absolute Gasteiger partial charge is 0.464 e. The van der Waals surface area contributed by atoms with Gasteiger partial charge >= 0.3 is 5.97 Å². The zero-order valence-corrected chi connectivity index (χ0v) is 14.9. The summed E-state index contributed by atoms with van der Waals surface area (Å²) in [6.45, 7) is -0.0747. The van der Waals surface area contributed by atoms with Crippen molar-refractivity contribution in [2.75, 3.05) is 7.11 Å². The second-order valence-electron chi connectivity index (χ2n) is 5.18. The molecule has 0 atom stereocenters. The molecular weight excluding hydrogens is 363 g/mol. The summed E-state index contributed by atoms with van der Waals surface area (Å²) in [4.78, 5) is 25.1. The third-order valence-corrected chi connectivity index (χ3v) is 4.06. The van der Waals surface area contributed by atoms with Gasteiger partial charge in [-0.3, -0.25) is 4.79 Å². The standard InChI is InChI=1S/C18H15ClN2O3.ClH/c1-24-18(23)16-14(10-20)17(22)13-8-7-11(19)9-15(13)21(16)12-5-3-2-4-6-12;/h2-9H,10,20H2,1H3;1H. The highest BCUT2D eigenvalue weighted by molar-refractivity contribution is 6.31. The second-order valence-corrected chi connectivity index (χ2v) is 5.62. The number of nitrogens with zero attached hydrogens (tertiary/aromatic N) is 1. The molecule has 0 unspecified atom stereocenters. The summed E-state index contributed by atoms with van der Waals surface area (Å²) in [5, 5.41) is 0.902. The van der Waals surface area contributed by atoms with Gasteiger partial charge in [0, 0.05) is 28.2 Å². The van der Waals surface area contributed by atoms with E-state index in [2.05, 4.69) is 0 Å². The average molecular weight is 379 g/mol. The Labute approximate surface area is 155 Å². The van der Waals surface area contributed by atoms with E-state index in [-0.39, 0.29) is 35.6 Å². The van der Waals surface area contributed by atoms with Crippen molar-refractivity contribution in [2.45, 2.75) is 6.54 Å². The fourth-order valence-corrected chi connectivity index (χ4v) is 2.92. The van der Waals surface area contributed by atoms with Crippen LogP contribution in [0.1, 0.15) is 16.1 Å². The second kappa shape index (κ2) is 7.70. The van der Waals surface area contributed by atoms with Crippen molar-refractivity contribution >= 4 is 40.9 Å².